The summed E-state index contributed by atoms with van der Waals surface area (Å²) in [5.41, 5.74) is 3.62. The maximum Gasteiger partial charge on any atom is 0.251 e. The molecule has 4 heteroatoms. The zero-order valence-electron chi connectivity index (χ0n) is 12.8. The summed E-state index contributed by atoms with van der Waals surface area (Å²) in [5.74, 6) is -0.175. The molecule has 0 aromatic heterocycles. The summed E-state index contributed by atoms with van der Waals surface area (Å²) < 4.78 is 0. The van der Waals surface area contributed by atoms with Gasteiger partial charge in [0, 0.05) is 24.7 Å². The van der Waals surface area contributed by atoms with Crippen LogP contribution in [0.1, 0.15) is 27.9 Å². The fourth-order valence-corrected chi connectivity index (χ4v) is 2.20. The van der Waals surface area contributed by atoms with E-state index in [0.29, 0.717) is 24.1 Å². The number of anilines is 1. The van der Waals surface area contributed by atoms with Crippen molar-refractivity contribution < 1.29 is 9.59 Å². The number of rotatable bonds is 5. The normalized spacial score (nSPS) is 10.1. The number of aryl methyl sites for hydroxylation is 2. The molecule has 0 radical (unpaired) electrons. The predicted molar refractivity (Wildman–Crippen MR) is 88.0 cm³/mol. The highest BCUT2D eigenvalue weighted by molar-refractivity contribution is 5.95. The van der Waals surface area contributed by atoms with Crippen molar-refractivity contribution in [1.82, 2.24) is 5.32 Å². The van der Waals surface area contributed by atoms with Crippen LogP contribution >= 0.6 is 0 Å². The Morgan fingerprint density at radius 2 is 1.77 bits per heavy atom. The summed E-state index contributed by atoms with van der Waals surface area (Å²) in [7, 11) is 1.59. The molecular formula is C18H20N2O2. The molecule has 0 saturated carbocycles. The lowest BCUT2D eigenvalue weighted by Crippen LogP contribution is -2.18. The molecule has 22 heavy (non-hydrogen) atoms. The van der Waals surface area contributed by atoms with Gasteiger partial charge in [0.25, 0.3) is 5.91 Å². The molecule has 0 atom stereocenters. The van der Waals surface area contributed by atoms with Gasteiger partial charge in [-0.25, -0.2) is 0 Å². The number of benzene rings is 2. The van der Waals surface area contributed by atoms with Gasteiger partial charge in [0.05, 0.1) is 0 Å². The van der Waals surface area contributed by atoms with E-state index in [9.17, 15) is 9.59 Å². The van der Waals surface area contributed by atoms with Gasteiger partial charge in [0.15, 0.2) is 0 Å². The van der Waals surface area contributed by atoms with Crippen LogP contribution in [0.15, 0.2) is 48.5 Å². The van der Waals surface area contributed by atoms with Crippen molar-refractivity contribution >= 4 is 17.5 Å². The van der Waals surface area contributed by atoms with Crippen LogP contribution in [0.4, 0.5) is 5.69 Å². The maximum absolute atomic E-state index is 12.0. The van der Waals surface area contributed by atoms with Crippen molar-refractivity contribution in [3.05, 3.63) is 65.2 Å². The van der Waals surface area contributed by atoms with Crippen molar-refractivity contribution in [3.8, 4) is 0 Å². The van der Waals surface area contributed by atoms with E-state index in [1.54, 1.807) is 31.3 Å². The van der Waals surface area contributed by atoms with Gasteiger partial charge in [0.2, 0.25) is 5.91 Å². The Morgan fingerprint density at radius 1 is 1.05 bits per heavy atom. The summed E-state index contributed by atoms with van der Waals surface area (Å²) in [6.45, 7) is 2.04. The Balaban J connectivity index is 1.88. The van der Waals surface area contributed by atoms with Crippen LogP contribution < -0.4 is 10.6 Å². The lowest BCUT2D eigenvalue weighted by Gasteiger charge is -2.07. The predicted octanol–water partition coefficient (Wildman–Crippen LogP) is 2.93. The van der Waals surface area contributed by atoms with Crippen LogP contribution in [0, 0.1) is 6.92 Å². The van der Waals surface area contributed by atoms with Gasteiger partial charge in [-0.3, -0.25) is 9.59 Å². The van der Waals surface area contributed by atoms with Crippen molar-refractivity contribution in [1.29, 1.82) is 0 Å². The lowest BCUT2D eigenvalue weighted by molar-refractivity contribution is -0.116. The molecule has 114 valence electrons. The van der Waals surface area contributed by atoms with Crippen molar-refractivity contribution in [2.75, 3.05) is 12.4 Å². The minimum atomic E-state index is -0.141. The molecule has 2 N–H and O–H groups in total. The molecule has 0 bridgehead atoms. The molecule has 0 fully saturated rings. The number of amides is 2. The van der Waals surface area contributed by atoms with E-state index in [2.05, 4.69) is 16.7 Å². The van der Waals surface area contributed by atoms with E-state index >= 15 is 0 Å². The molecule has 0 aliphatic rings. The first-order valence-electron chi connectivity index (χ1n) is 7.26. The third-order valence-electron chi connectivity index (χ3n) is 3.38. The fraction of sp³-hybridized carbons (Fsp3) is 0.222. The quantitative estimate of drug-likeness (QED) is 0.891. The second-order valence-electron chi connectivity index (χ2n) is 5.19. The average Bonchev–Trinajstić information content (AvgIpc) is 2.53. The Bertz CT molecular complexity index is 663. The Hall–Kier alpha value is -2.62. The summed E-state index contributed by atoms with van der Waals surface area (Å²) in [6, 6.07) is 15.0. The van der Waals surface area contributed by atoms with Crippen LogP contribution in [-0.4, -0.2) is 18.9 Å². The Morgan fingerprint density at radius 3 is 2.41 bits per heavy atom. The molecule has 0 unspecified atom stereocenters. The van der Waals surface area contributed by atoms with Crippen LogP contribution in [0.2, 0.25) is 0 Å². The summed E-state index contributed by atoms with van der Waals surface area (Å²) >= 11 is 0. The number of nitrogens with one attached hydrogen (secondary N) is 2. The number of hydrogen-bond donors (Lipinski definition) is 2. The van der Waals surface area contributed by atoms with Gasteiger partial charge in [-0.15, -0.1) is 0 Å². The van der Waals surface area contributed by atoms with E-state index in [1.807, 2.05) is 25.1 Å². The van der Waals surface area contributed by atoms with Crippen molar-refractivity contribution in [3.63, 3.8) is 0 Å². The van der Waals surface area contributed by atoms with E-state index in [4.69, 9.17) is 0 Å². The minimum absolute atomic E-state index is 0.0331. The minimum Gasteiger partial charge on any atom is -0.355 e. The van der Waals surface area contributed by atoms with Crippen molar-refractivity contribution in [2.24, 2.45) is 0 Å². The molecule has 0 saturated heterocycles. The van der Waals surface area contributed by atoms with Gasteiger partial charge in [-0.05, 0) is 43.2 Å². The second kappa shape index (κ2) is 7.41. The number of hydrogen-bond acceptors (Lipinski definition) is 2. The monoisotopic (exact) mass is 296 g/mol. The topological polar surface area (TPSA) is 58.2 Å². The summed E-state index contributed by atoms with van der Waals surface area (Å²) in [4.78, 5) is 23.4. The van der Waals surface area contributed by atoms with Crippen LogP contribution in [0.5, 0.6) is 0 Å². The molecule has 0 aliphatic carbocycles. The highest BCUT2D eigenvalue weighted by Gasteiger charge is 2.05. The number of carbonyl (C=O) groups is 2. The highest BCUT2D eigenvalue weighted by Crippen LogP contribution is 2.11. The Kier molecular flexibility index (Phi) is 5.31. The first-order chi connectivity index (χ1) is 10.6. The third kappa shape index (κ3) is 4.45. The van der Waals surface area contributed by atoms with Gasteiger partial charge in [-0.2, -0.15) is 0 Å². The molecule has 0 spiro atoms. The van der Waals surface area contributed by atoms with Gasteiger partial charge >= 0.3 is 0 Å². The van der Waals surface area contributed by atoms with E-state index < -0.39 is 0 Å². The highest BCUT2D eigenvalue weighted by atomic mass is 16.2. The second-order valence-corrected chi connectivity index (χ2v) is 5.19. The molecule has 2 amide bonds. The molecular weight excluding hydrogens is 276 g/mol. The van der Waals surface area contributed by atoms with Gasteiger partial charge in [-0.1, -0.05) is 29.8 Å². The van der Waals surface area contributed by atoms with Gasteiger partial charge in [0.1, 0.15) is 0 Å². The third-order valence-corrected chi connectivity index (χ3v) is 3.38. The first kappa shape index (κ1) is 15.8. The first-order valence-corrected chi connectivity index (χ1v) is 7.26. The zero-order chi connectivity index (χ0) is 15.9. The van der Waals surface area contributed by atoms with E-state index in [-0.39, 0.29) is 11.8 Å². The van der Waals surface area contributed by atoms with Gasteiger partial charge < -0.3 is 10.6 Å². The standard InChI is InChI=1S/C18H20N2O2/c1-13-4-3-5-14(12-13)6-11-17(21)20-16-9-7-15(8-10-16)18(22)19-2/h3-5,7-10,12H,6,11H2,1-2H3,(H,19,22)(H,20,21). The van der Waals surface area contributed by atoms with Crippen LogP contribution in [-0.2, 0) is 11.2 Å². The fourth-order valence-electron chi connectivity index (χ4n) is 2.20. The molecule has 4 nitrogen and oxygen atoms in total. The van der Waals surface area contributed by atoms with Crippen LogP contribution in [0.25, 0.3) is 0 Å². The average molecular weight is 296 g/mol. The number of carbonyl (C=O) groups excluding carboxylic acids is 2. The lowest BCUT2D eigenvalue weighted by atomic mass is 10.1. The molecule has 0 heterocycles. The molecule has 2 rings (SSSR count). The van der Waals surface area contributed by atoms with Crippen molar-refractivity contribution in [2.45, 2.75) is 19.8 Å². The largest absolute Gasteiger partial charge is 0.355 e. The maximum atomic E-state index is 12.0. The van der Waals surface area contributed by atoms with E-state index in [1.165, 1.54) is 5.56 Å². The Labute approximate surface area is 130 Å². The van der Waals surface area contributed by atoms with Crippen LogP contribution in [0.3, 0.4) is 0 Å². The summed E-state index contributed by atoms with van der Waals surface area (Å²) in [6.07, 6.45) is 1.14. The molecule has 2 aromatic carbocycles. The molecule has 2 aromatic rings. The molecule has 0 aliphatic heterocycles. The van der Waals surface area contributed by atoms with E-state index in [0.717, 1.165) is 5.56 Å². The zero-order valence-corrected chi connectivity index (χ0v) is 12.8. The smallest absolute Gasteiger partial charge is 0.251 e. The summed E-state index contributed by atoms with van der Waals surface area (Å²) in [5, 5.41) is 5.40. The SMILES string of the molecule is CNC(=O)c1ccc(NC(=O)CCc2cccc(C)c2)cc1.